The largest absolute Gasteiger partial charge is 0.492 e. The van der Waals surface area contributed by atoms with Gasteiger partial charge in [0.05, 0.1) is 35.4 Å². The van der Waals surface area contributed by atoms with Crippen LogP contribution >= 0.6 is 27.5 Å². The van der Waals surface area contributed by atoms with Crippen LogP contribution < -0.4 is 0 Å². The molecule has 0 atom stereocenters. The summed E-state index contributed by atoms with van der Waals surface area (Å²) in [5, 5.41) is 0.630. The van der Waals surface area contributed by atoms with E-state index >= 15 is 0 Å². The van der Waals surface area contributed by atoms with Crippen molar-refractivity contribution < 1.29 is 4.74 Å². The average molecular weight is 302 g/mol. The summed E-state index contributed by atoms with van der Waals surface area (Å²) in [6.45, 7) is 6.38. The van der Waals surface area contributed by atoms with Crippen LogP contribution in [0.1, 0.15) is 12.6 Å². The number of aromatic nitrogens is 2. The molecule has 0 saturated carbocycles. The van der Waals surface area contributed by atoms with E-state index in [2.05, 4.69) is 27.5 Å². The number of hydrogen-bond donors (Lipinski definition) is 0. The van der Waals surface area contributed by atoms with Crippen molar-refractivity contribution in [2.75, 3.05) is 6.61 Å². The Morgan fingerprint density at radius 2 is 2.44 bits per heavy atom. The van der Waals surface area contributed by atoms with Crippen LogP contribution in [-0.4, -0.2) is 16.0 Å². The molecule has 0 spiro atoms. The molecule has 0 aliphatic rings. The van der Waals surface area contributed by atoms with E-state index in [-0.39, 0.29) is 0 Å². The van der Waals surface area contributed by atoms with Crippen LogP contribution in [0.5, 0.6) is 0 Å². The third-order valence-corrected chi connectivity index (χ3v) is 3.45. The van der Waals surface area contributed by atoms with Gasteiger partial charge in [-0.05, 0) is 28.9 Å². The summed E-state index contributed by atoms with van der Waals surface area (Å²) in [7, 11) is 0. The minimum atomic E-state index is 0.579. The van der Waals surface area contributed by atoms with Crippen molar-refractivity contribution in [1.82, 2.24) is 9.38 Å². The van der Waals surface area contributed by atoms with Crippen LogP contribution in [0.25, 0.3) is 11.3 Å². The van der Waals surface area contributed by atoms with Gasteiger partial charge in [-0.2, -0.15) is 0 Å². The van der Waals surface area contributed by atoms with E-state index in [1.54, 1.807) is 12.5 Å². The number of hydrogen-bond acceptors (Lipinski definition) is 2. The first-order valence-electron chi connectivity index (χ1n) is 4.77. The van der Waals surface area contributed by atoms with Crippen molar-refractivity contribution >= 4 is 38.8 Å². The van der Waals surface area contributed by atoms with Gasteiger partial charge in [0.25, 0.3) is 0 Å². The van der Waals surface area contributed by atoms with E-state index in [1.807, 2.05) is 17.4 Å². The second kappa shape index (κ2) is 4.47. The van der Waals surface area contributed by atoms with E-state index in [0.29, 0.717) is 17.4 Å². The van der Waals surface area contributed by atoms with Crippen molar-refractivity contribution in [3.8, 4) is 0 Å². The van der Waals surface area contributed by atoms with Crippen LogP contribution in [0, 0.1) is 0 Å². The highest BCUT2D eigenvalue weighted by molar-refractivity contribution is 9.10. The highest BCUT2D eigenvalue weighted by Crippen LogP contribution is 2.30. The summed E-state index contributed by atoms with van der Waals surface area (Å²) in [6.07, 6.45) is 3.39. The normalized spacial score (nSPS) is 10.7. The van der Waals surface area contributed by atoms with E-state index in [9.17, 15) is 0 Å². The highest BCUT2D eigenvalue weighted by atomic mass is 79.9. The molecule has 84 valence electrons. The van der Waals surface area contributed by atoms with Crippen molar-refractivity contribution in [3.63, 3.8) is 0 Å². The smallest absolute Gasteiger partial charge is 0.136 e. The first kappa shape index (κ1) is 11.5. The Kier molecular flexibility index (Phi) is 3.21. The number of rotatable bonds is 3. The molecule has 0 unspecified atom stereocenters. The average Bonchev–Trinajstić information content (AvgIpc) is 2.72. The lowest BCUT2D eigenvalue weighted by atomic mass is 10.3. The zero-order valence-electron chi connectivity index (χ0n) is 8.70. The first-order chi connectivity index (χ1) is 7.65. The summed E-state index contributed by atoms with van der Waals surface area (Å²) in [4.78, 5) is 4.07. The van der Waals surface area contributed by atoms with Gasteiger partial charge in [0.1, 0.15) is 5.76 Å². The zero-order chi connectivity index (χ0) is 11.7. The van der Waals surface area contributed by atoms with Gasteiger partial charge in [-0.15, -0.1) is 0 Å². The Morgan fingerprint density at radius 1 is 1.69 bits per heavy atom. The maximum atomic E-state index is 6.14. The minimum Gasteiger partial charge on any atom is -0.492 e. The fraction of sp³-hybridized carbons (Fsp3) is 0.182. The lowest BCUT2D eigenvalue weighted by molar-refractivity contribution is 0.297. The van der Waals surface area contributed by atoms with Crippen molar-refractivity contribution in [2.24, 2.45) is 0 Å². The molecule has 2 aromatic heterocycles. The Labute approximate surface area is 107 Å². The molecular weight excluding hydrogens is 291 g/mol. The molecule has 5 heteroatoms. The first-order valence-corrected chi connectivity index (χ1v) is 5.94. The Morgan fingerprint density at radius 3 is 3.12 bits per heavy atom. The molecule has 0 bridgehead atoms. The van der Waals surface area contributed by atoms with Gasteiger partial charge in [0.2, 0.25) is 0 Å². The summed E-state index contributed by atoms with van der Waals surface area (Å²) >= 11 is 9.54. The van der Waals surface area contributed by atoms with E-state index in [0.717, 1.165) is 15.7 Å². The molecule has 0 fully saturated rings. The van der Waals surface area contributed by atoms with Gasteiger partial charge in [-0.3, -0.25) is 4.40 Å². The zero-order valence-corrected chi connectivity index (χ0v) is 11.0. The molecule has 0 aliphatic heterocycles. The third kappa shape index (κ3) is 1.83. The second-order valence-electron chi connectivity index (χ2n) is 3.20. The number of pyridine rings is 1. The monoisotopic (exact) mass is 300 g/mol. The molecule has 0 aliphatic carbocycles. The van der Waals surface area contributed by atoms with Gasteiger partial charge in [-0.1, -0.05) is 18.2 Å². The Balaban J connectivity index is 2.65. The van der Waals surface area contributed by atoms with Crippen LogP contribution in [0.4, 0.5) is 0 Å². The second-order valence-corrected chi connectivity index (χ2v) is 4.43. The van der Waals surface area contributed by atoms with Gasteiger partial charge < -0.3 is 4.74 Å². The van der Waals surface area contributed by atoms with Crippen LogP contribution in [0.15, 0.2) is 29.6 Å². The third-order valence-electron chi connectivity index (χ3n) is 2.20. The van der Waals surface area contributed by atoms with Gasteiger partial charge in [0.15, 0.2) is 0 Å². The maximum absolute atomic E-state index is 6.14. The number of imidazole rings is 1. The summed E-state index contributed by atoms with van der Waals surface area (Å²) in [5.74, 6) is 0.600. The predicted octanol–water partition coefficient (Wildman–Crippen LogP) is 3.76. The van der Waals surface area contributed by atoms with Crippen molar-refractivity contribution in [3.05, 3.63) is 40.4 Å². The summed E-state index contributed by atoms with van der Waals surface area (Å²) in [5.41, 5.74) is 1.66. The lowest BCUT2D eigenvalue weighted by Gasteiger charge is -2.11. The minimum absolute atomic E-state index is 0.579. The van der Waals surface area contributed by atoms with Crippen molar-refractivity contribution in [1.29, 1.82) is 0 Å². The van der Waals surface area contributed by atoms with Gasteiger partial charge >= 0.3 is 0 Å². The van der Waals surface area contributed by atoms with E-state index in [1.165, 1.54) is 0 Å². The fourth-order valence-corrected chi connectivity index (χ4v) is 2.10. The molecule has 2 aromatic rings. The molecule has 0 aromatic carbocycles. The molecule has 2 rings (SSSR count). The van der Waals surface area contributed by atoms with Crippen LogP contribution in [0.3, 0.4) is 0 Å². The molecule has 2 heterocycles. The number of ether oxygens (including phenoxy) is 1. The lowest BCUT2D eigenvalue weighted by Crippen LogP contribution is -1.98. The molecule has 16 heavy (non-hydrogen) atoms. The number of fused-ring (bicyclic) bond motifs is 1. The van der Waals surface area contributed by atoms with Gasteiger partial charge in [-0.25, -0.2) is 4.98 Å². The number of halogens is 2. The molecule has 0 amide bonds. The van der Waals surface area contributed by atoms with Gasteiger partial charge in [0, 0.05) is 4.47 Å². The summed E-state index contributed by atoms with van der Waals surface area (Å²) < 4.78 is 8.05. The summed E-state index contributed by atoms with van der Waals surface area (Å²) in [6, 6.07) is 1.87. The predicted molar refractivity (Wildman–Crippen MR) is 68.6 cm³/mol. The van der Waals surface area contributed by atoms with Crippen LogP contribution in [0.2, 0.25) is 5.02 Å². The topological polar surface area (TPSA) is 26.5 Å². The molecule has 0 radical (unpaired) electrons. The van der Waals surface area contributed by atoms with Crippen molar-refractivity contribution in [2.45, 2.75) is 6.92 Å². The van der Waals surface area contributed by atoms with E-state index in [4.69, 9.17) is 16.3 Å². The molecule has 0 saturated heterocycles. The van der Waals surface area contributed by atoms with E-state index < -0.39 is 0 Å². The van der Waals surface area contributed by atoms with Crippen LogP contribution in [-0.2, 0) is 4.74 Å². The number of nitrogens with zero attached hydrogens (tertiary/aromatic N) is 2. The quantitative estimate of drug-likeness (QED) is 0.807. The fourth-order valence-electron chi connectivity index (χ4n) is 1.49. The standard InChI is InChI=1S/C11H10BrClN2O/c1-3-16-7(2)9-4-8(12)11(13)10-5-14-6-15(9)10/h4-6H,2-3H2,1H3. The molecule has 3 nitrogen and oxygen atoms in total. The molecule has 0 N–H and O–H groups in total. The highest BCUT2D eigenvalue weighted by Gasteiger charge is 2.11. The Bertz CT molecular complexity index is 550. The maximum Gasteiger partial charge on any atom is 0.136 e. The Hall–Kier alpha value is -1.00. The SMILES string of the molecule is C=C(OCC)c1cc(Br)c(Cl)c2cncn12. The molecular formula is C11H10BrClN2O.